The van der Waals surface area contributed by atoms with E-state index in [1.54, 1.807) is 7.11 Å². The third kappa shape index (κ3) is 4.51. The quantitative estimate of drug-likeness (QED) is 0.811. The number of para-hydroxylation sites is 1. The van der Waals surface area contributed by atoms with Gasteiger partial charge in [-0.3, -0.25) is 0 Å². The number of ether oxygens (including phenoxy) is 1. The molecule has 0 saturated carbocycles. The van der Waals surface area contributed by atoms with E-state index in [-0.39, 0.29) is 12.4 Å². The Morgan fingerprint density at radius 2 is 1.83 bits per heavy atom. The van der Waals surface area contributed by atoms with Gasteiger partial charge in [0, 0.05) is 0 Å². The molecule has 0 unspecified atom stereocenters. The zero-order valence-corrected chi connectivity index (χ0v) is 12.0. The highest BCUT2D eigenvalue weighted by molar-refractivity contribution is 5.85. The van der Waals surface area contributed by atoms with Crippen LogP contribution >= 0.6 is 12.4 Å². The van der Waals surface area contributed by atoms with Gasteiger partial charge in [-0.25, -0.2) is 0 Å². The first-order valence-corrected chi connectivity index (χ1v) is 6.74. The zero-order chi connectivity index (χ0) is 11.9. The van der Waals surface area contributed by atoms with Crippen molar-refractivity contribution in [1.82, 2.24) is 4.90 Å². The van der Waals surface area contributed by atoms with Gasteiger partial charge in [0.25, 0.3) is 0 Å². The summed E-state index contributed by atoms with van der Waals surface area (Å²) in [5.74, 6) is 1.03. The van der Waals surface area contributed by atoms with E-state index in [4.69, 9.17) is 4.74 Å². The highest BCUT2D eigenvalue weighted by Crippen LogP contribution is 2.19. The number of hydrogen-bond acceptors (Lipinski definition) is 2. The third-order valence-corrected chi connectivity index (χ3v) is 3.56. The van der Waals surface area contributed by atoms with Crippen molar-refractivity contribution in [2.75, 3.05) is 26.7 Å². The average Bonchev–Trinajstić information content (AvgIpc) is 2.40. The number of aryl methyl sites for hydroxylation is 1. The summed E-state index contributed by atoms with van der Waals surface area (Å²) >= 11 is 0. The second-order valence-corrected chi connectivity index (χ2v) is 4.82. The van der Waals surface area contributed by atoms with Gasteiger partial charge in [0.2, 0.25) is 0 Å². The lowest BCUT2D eigenvalue weighted by Gasteiger charge is -2.26. The summed E-state index contributed by atoms with van der Waals surface area (Å²) in [4.78, 5) is 2.60. The van der Waals surface area contributed by atoms with Gasteiger partial charge in [0.05, 0.1) is 7.11 Å². The zero-order valence-electron chi connectivity index (χ0n) is 11.2. The number of halogens is 1. The fourth-order valence-electron chi connectivity index (χ4n) is 2.59. The third-order valence-electron chi connectivity index (χ3n) is 3.56. The molecule has 0 aromatic heterocycles. The highest BCUT2D eigenvalue weighted by atomic mass is 35.5. The summed E-state index contributed by atoms with van der Waals surface area (Å²) in [6, 6.07) is 8.36. The summed E-state index contributed by atoms with van der Waals surface area (Å²) in [5.41, 5.74) is 1.34. The van der Waals surface area contributed by atoms with E-state index in [0.29, 0.717) is 0 Å². The minimum Gasteiger partial charge on any atom is -0.496 e. The maximum absolute atomic E-state index is 5.37. The van der Waals surface area contributed by atoms with Gasteiger partial charge < -0.3 is 9.64 Å². The normalized spacial score (nSPS) is 16.1. The van der Waals surface area contributed by atoms with Gasteiger partial charge in [-0.15, -0.1) is 12.4 Å². The van der Waals surface area contributed by atoms with Gasteiger partial charge in [-0.1, -0.05) is 24.6 Å². The van der Waals surface area contributed by atoms with Crippen LogP contribution in [0.15, 0.2) is 24.3 Å². The van der Waals surface area contributed by atoms with Crippen molar-refractivity contribution < 1.29 is 4.74 Å². The second kappa shape index (κ2) is 8.39. The monoisotopic (exact) mass is 269 g/mol. The molecule has 0 N–H and O–H groups in total. The van der Waals surface area contributed by atoms with Crippen LogP contribution in [0, 0.1) is 0 Å². The minimum atomic E-state index is 0. The first-order chi connectivity index (χ1) is 8.40. The Kier molecular flexibility index (Phi) is 7.14. The van der Waals surface area contributed by atoms with Crippen molar-refractivity contribution in [2.45, 2.75) is 32.1 Å². The fourth-order valence-corrected chi connectivity index (χ4v) is 2.59. The summed E-state index contributed by atoms with van der Waals surface area (Å²) in [6.45, 7) is 3.83. The molecular formula is C15H24ClNO. The van der Waals surface area contributed by atoms with Crippen molar-refractivity contribution in [1.29, 1.82) is 0 Å². The molecule has 2 nitrogen and oxygen atoms in total. The maximum atomic E-state index is 5.37. The summed E-state index contributed by atoms with van der Waals surface area (Å²) in [7, 11) is 1.75. The molecule has 0 radical (unpaired) electrons. The molecule has 0 amide bonds. The molecule has 1 aromatic carbocycles. The molecule has 3 heteroatoms. The van der Waals surface area contributed by atoms with Gasteiger partial charge >= 0.3 is 0 Å². The van der Waals surface area contributed by atoms with Crippen LogP contribution in [0.2, 0.25) is 0 Å². The van der Waals surface area contributed by atoms with E-state index in [0.717, 1.165) is 12.2 Å². The van der Waals surface area contributed by atoms with Crippen molar-refractivity contribution >= 4 is 12.4 Å². The van der Waals surface area contributed by atoms with Crippen molar-refractivity contribution in [2.24, 2.45) is 0 Å². The molecule has 1 aromatic rings. The van der Waals surface area contributed by atoms with Crippen molar-refractivity contribution in [3.8, 4) is 5.75 Å². The lowest BCUT2D eigenvalue weighted by molar-refractivity contribution is 0.226. The Bertz CT molecular complexity index is 337. The fraction of sp³-hybridized carbons (Fsp3) is 0.600. The second-order valence-electron chi connectivity index (χ2n) is 4.82. The predicted molar refractivity (Wildman–Crippen MR) is 78.9 cm³/mol. The Labute approximate surface area is 117 Å². The van der Waals surface area contributed by atoms with Crippen LogP contribution in [0.1, 0.15) is 31.2 Å². The molecule has 1 fully saturated rings. The Morgan fingerprint density at radius 1 is 1.11 bits per heavy atom. The molecule has 0 atom stereocenters. The van der Waals surface area contributed by atoms with Crippen LogP contribution in [0.25, 0.3) is 0 Å². The largest absolute Gasteiger partial charge is 0.496 e. The van der Waals surface area contributed by atoms with Crippen molar-refractivity contribution in [3.05, 3.63) is 29.8 Å². The number of methoxy groups -OCH3 is 1. The van der Waals surface area contributed by atoms with Crippen LogP contribution in [0.3, 0.4) is 0 Å². The number of likely N-dealkylation sites (tertiary alicyclic amines) is 1. The number of rotatable bonds is 5. The molecule has 1 aliphatic heterocycles. The Hall–Kier alpha value is -0.730. The van der Waals surface area contributed by atoms with E-state index in [2.05, 4.69) is 23.1 Å². The van der Waals surface area contributed by atoms with Gasteiger partial charge in [-0.05, 0) is 56.9 Å². The molecule has 18 heavy (non-hydrogen) atoms. The molecule has 1 saturated heterocycles. The van der Waals surface area contributed by atoms with Gasteiger partial charge in [0.15, 0.2) is 0 Å². The van der Waals surface area contributed by atoms with E-state index >= 15 is 0 Å². The molecule has 2 rings (SSSR count). The molecule has 0 spiro atoms. The highest BCUT2D eigenvalue weighted by Gasteiger charge is 2.09. The first-order valence-electron chi connectivity index (χ1n) is 6.74. The smallest absolute Gasteiger partial charge is 0.122 e. The first kappa shape index (κ1) is 15.3. The Balaban J connectivity index is 0.00000162. The lowest BCUT2D eigenvalue weighted by Crippen LogP contribution is -2.30. The van der Waals surface area contributed by atoms with Crippen LogP contribution in [0.4, 0.5) is 0 Å². The number of piperidine rings is 1. The predicted octanol–water partition coefficient (Wildman–Crippen LogP) is 3.54. The topological polar surface area (TPSA) is 12.5 Å². The standard InChI is InChI=1S/C15H23NO.ClH/c1-17-15-10-4-3-8-14(15)9-7-13-16-11-5-2-6-12-16;/h3-4,8,10H,2,5-7,9,11-13H2,1H3;1H. The van der Waals surface area contributed by atoms with E-state index < -0.39 is 0 Å². The van der Waals surface area contributed by atoms with Crippen LogP contribution in [-0.2, 0) is 6.42 Å². The minimum absolute atomic E-state index is 0. The SMILES string of the molecule is COc1ccccc1CCCN1CCCCC1.Cl. The van der Waals surface area contributed by atoms with Crippen LogP contribution < -0.4 is 4.74 Å². The molecule has 0 bridgehead atoms. The molecule has 1 heterocycles. The average molecular weight is 270 g/mol. The summed E-state index contributed by atoms with van der Waals surface area (Å²) in [5, 5.41) is 0. The van der Waals surface area contributed by atoms with E-state index in [1.165, 1.54) is 50.9 Å². The summed E-state index contributed by atoms with van der Waals surface area (Å²) < 4.78 is 5.37. The molecular weight excluding hydrogens is 246 g/mol. The molecule has 1 aliphatic rings. The molecule has 0 aliphatic carbocycles. The maximum Gasteiger partial charge on any atom is 0.122 e. The van der Waals surface area contributed by atoms with Gasteiger partial charge in [0.1, 0.15) is 5.75 Å². The number of benzene rings is 1. The van der Waals surface area contributed by atoms with Crippen LogP contribution in [0.5, 0.6) is 5.75 Å². The van der Waals surface area contributed by atoms with Crippen molar-refractivity contribution in [3.63, 3.8) is 0 Å². The van der Waals surface area contributed by atoms with Crippen LogP contribution in [-0.4, -0.2) is 31.6 Å². The van der Waals surface area contributed by atoms with E-state index in [1.807, 2.05) is 6.07 Å². The van der Waals surface area contributed by atoms with E-state index in [9.17, 15) is 0 Å². The van der Waals surface area contributed by atoms with Gasteiger partial charge in [-0.2, -0.15) is 0 Å². The lowest BCUT2D eigenvalue weighted by atomic mass is 10.1. The Morgan fingerprint density at radius 3 is 2.56 bits per heavy atom. The number of nitrogens with zero attached hydrogens (tertiary/aromatic N) is 1. The number of hydrogen-bond donors (Lipinski definition) is 0. The molecule has 102 valence electrons. The summed E-state index contributed by atoms with van der Waals surface area (Å²) in [6.07, 6.45) is 6.55.